The highest BCUT2D eigenvalue weighted by molar-refractivity contribution is 9.10. The van der Waals surface area contributed by atoms with Crippen LogP contribution in [0.25, 0.3) is 0 Å². The van der Waals surface area contributed by atoms with Crippen molar-refractivity contribution in [3.05, 3.63) is 32.8 Å². The van der Waals surface area contributed by atoms with Gasteiger partial charge < -0.3 is 10.4 Å². The van der Waals surface area contributed by atoms with Gasteiger partial charge in [-0.05, 0) is 36.8 Å². The second-order valence-electron chi connectivity index (χ2n) is 5.10. The van der Waals surface area contributed by atoms with Crippen molar-refractivity contribution in [2.75, 3.05) is 18.5 Å². The fourth-order valence-corrected chi connectivity index (χ4v) is 2.87. The molecule has 0 radical (unpaired) electrons. The summed E-state index contributed by atoms with van der Waals surface area (Å²) in [5.41, 5.74) is 0.723. The van der Waals surface area contributed by atoms with Gasteiger partial charge in [0, 0.05) is 23.7 Å². The van der Waals surface area contributed by atoms with Crippen LogP contribution in [-0.2, 0) is 0 Å². The Bertz CT molecular complexity index is 475. The van der Waals surface area contributed by atoms with E-state index in [-0.39, 0.29) is 22.6 Å². The van der Waals surface area contributed by atoms with E-state index in [2.05, 4.69) is 21.2 Å². The van der Waals surface area contributed by atoms with Crippen LogP contribution in [0.2, 0.25) is 0 Å². The summed E-state index contributed by atoms with van der Waals surface area (Å²) < 4.78 is 0.693. The summed E-state index contributed by atoms with van der Waals surface area (Å²) in [6, 6.07) is 5.00. The van der Waals surface area contributed by atoms with Crippen LogP contribution in [0.1, 0.15) is 25.7 Å². The highest BCUT2D eigenvalue weighted by Gasteiger charge is 2.36. The van der Waals surface area contributed by atoms with E-state index in [9.17, 15) is 10.1 Å². The number of aliphatic hydroxyl groups is 1. The summed E-state index contributed by atoms with van der Waals surface area (Å²) in [7, 11) is 0. The van der Waals surface area contributed by atoms with Gasteiger partial charge in [0.25, 0.3) is 5.69 Å². The third-order valence-electron chi connectivity index (χ3n) is 3.87. The van der Waals surface area contributed by atoms with E-state index in [1.807, 2.05) is 0 Å². The maximum absolute atomic E-state index is 11.0. The van der Waals surface area contributed by atoms with Gasteiger partial charge in [0.1, 0.15) is 5.69 Å². The van der Waals surface area contributed by atoms with Gasteiger partial charge in [-0.15, -0.1) is 0 Å². The summed E-state index contributed by atoms with van der Waals surface area (Å²) >= 11 is 3.24. The number of nitro groups is 1. The summed E-state index contributed by atoms with van der Waals surface area (Å²) in [6.45, 7) is 0.847. The molecule has 6 heteroatoms. The van der Waals surface area contributed by atoms with Crippen molar-refractivity contribution in [3.63, 3.8) is 0 Å². The molecule has 1 aromatic carbocycles. The molecule has 0 aliphatic heterocycles. The lowest BCUT2D eigenvalue weighted by Gasteiger charge is -2.42. The van der Waals surface area contributed by atoms with Gasteiger partial charge in [-0.2, -0.15) is 0 Å². The van der Waals surface area contributed by atoms with Crippen LogP contribution in [0.5, 0.6) is 0 Å². The standard InChI is InChI=1S/C13H17BrN2O3/c14-10-2-3-11(12(8-10)16(18)19)15-9-13(6-7-17)4-1-5-13/h2-3,8,15,17H,1,4-7,9H2. The number of halogens is 1. The van der Waals surface area contributed by atoms with Gasteiger partial charge in [-0.3, -0.25) is 10.1 Å². The van der Waals surface area contributed by atoms with E-state index < -0.39 is 0 Å². The van der Waals surface area contributed by atoms with Crippen molar-refractivity contribution in [2.45, 2.75) is 25.7 Å². The number of nitrogens with zero attached hydrogens (tertiary/aromatic N) is 1. The normalized spacial score (nSPS) is 16.7. The Labute approximate surface area is 120 Å². The van der Waals surface area contributed by atoms with Crippen LogP contribution < -0.4 is 5.32 Å². The molecule has 0 unspecified atom stereocenters. The minimum atomic E-state index is -0.382. The summed E-state index contributed by atoms with van der Waals surface area (Å²) in [5.74, 6) is 0. The minimum absolute atomic E-state index is 0.0767. The predicted octanol–water partition coefficient (Wildman–Crippen LogP) is 3.32. The molecular weight excluding hydrogens is 312 g/mol. The fraction of sp³-hybridized carbons (Fsp3) is 0.538. The Balaban J connectivity index is 2.09. The molecule has 0 aromatic heterocycles. The monoisotopic (exact) mass is 328 g/mol. The van der Waals surface area contributed by atoms with Gasteiger partial charge in [0.05, 0.1) is 4.92 Å². The molecule has 2 N–H and O–H groups in total. The average Bonchev–Trinajstić information content (AvgIpc) is 2.33. The van der Waals surface area contributed by atoms with E-state index in [4.69, 9.17) is 5.11 Å². The molecule has 19 heavy (non-hydrogen) atoms. The maximum Gasteiger partial charge on any atom is 0.293 e. The molecule has 1 aliphatic rings. The number of anilines is 1. The molecule has 0 heterocycles. The number of hydrogen-bond donors (Lipinski definition) is 2. The molecule has 1 aromatic rings. The number of nitro benzene ring substituents is 1. The lowest BCUT2D eigenvalue weighted by atomic mass is 9.67. The maximum atomic E-state index is 11.0. The van der Waals surface area contributed by atoms with Gasteiger partial charge in [0.2, 0.25) is 0 Å². The third kappa shape index (κ3) is 3.25. The zero-order chi connectivity index (χ0) is 13.9. The summed E-state index contributed by atoms with van der Waals surface area (Å²) in [5, 5.41) is 23.3. The molecule has 1 fully saturated rings. The molecule has 0 amide bonds. The van der Waals surface area contributed by atoms with E-state index in [0.29, 0.717) is 16.7 Å². The lowest BCUT2D eigenvalue weighted by molar-refractivity contribution is -0.384. The summed E-state index contributed by atoms with van der Waals surface area (Å²) in [6.07, 6.45) is 4.07. The average molecular weight is 329 g/mol. The molecular formula is C13H17BrN2O3. The zero-order valence-electron chi connectivity index (χ0n) is 10.6. The molecule has 1 saturated carbocycles. The van der Waals surface area contributed by atoms with Crippen LogP contribution in [0, 0.1) is 15.5 Å². The smallest absolute Gasteiger partial charge is 0.293 e. The molecule has 1 aliphatic carbocycles. The van der Waals surface area contributed by atoms with E-state index in [0.717, 1.165) is 19.3 Å². The van der Waals surface area contributed by atoms with Gasteiger partial charge in [0.15, 0.2) is 0 Å². The minimum Gasteiger partial charge on any atom is -0.396 e. The highest BCUT2D eigenvalue weighted by Crippen LogP contribution is 2.44. The fourth-order valence-electron chi connectivity index (χ4n) is 2.52. The van der Waals surface area contributed by atoms with Crippen molar-refractivity contribution in [1.82, 2.24) is 0 Å². The van der Waals surface area contributed by atoms with Crippen LogP contribution in [0.4, 0.5) is 11.4 Å². The number of aliphatic hydroxyl groups excluding tert-OH is 1. The Morgan fingerprint density at radius 1 is 1.47 bits per heavy atom. The first kappa shape index (κ1) is 14.3. The lowest BCUT2D eigenvalue weighted by Crippen LogP contribution is -2.37. The number of rotatable bonds is 6. The Morgan fingerprint density at radius 3 is 2.74 bits per heavy atom. The SMILES string of the molecule is O=[N+]([O-])c1cc(Br)ccc1NCC1(CCO)CCC1. The molecule has 0 atom stereocenters. The Kier molecular flexibility index (Phi) is 4.42. The Hall–Kier alpha value is -1.14. The highest BCUT2D eigenvalue weighted by atomic mass is 79.9. The van der Waals surface area contributed by atoms with E-state index >= 15 is 0 Å². The first-order valence-corrected chi connectivity index (χ1v) is 7.14. The van der Waals surface area contributed by atoms with Crippen molar-refractivity contribution < 1.29 is 10.0 Å². The van der Waals surface area contributed by atoms with Gasteiger partial charge >= 0.3 is 0 Å². The second-order valence-corrected chi connectivity index (χ2v) is 6.01. The first-order valence-electron chi connectivity index (χ1n) is 6.35. The molecule has 2 rings (SSSR count). The van der Waals surface area contributed by atoms with Crippen LogP contribution >= 0.6 is 15.9 Å². The zero-order valence-corrected chi connectivity index (χ0v) is 12.1. The topological polar surface area (TPSA) is 75.4 Å². The number of benzene rings is 1. The third-order valence-corrected chi connectivity index (χ3v) is 4.36. The molecule has 0 saturated heterocycles. The van der Waals surface area contributed by atoms with Crippen LogP contribution in [0.15, 0.2) is 22.7 Å². The molecule has 0 bridgehead atoms. The number of nitrogens with one attached hydrogen (secondary N) is 1. The first-order chi connectivity index (χ1) is 9.06. The van der Waals surface area contributed by atoms with Crippen molar-refractivity contribution in [1.29, 1.82) is 0 Å². The van der Waals surface area contributed by atoms with Crippen LogP contribution in [0.3, 0.4) is 0 Å². The van der Waals surface area contributed by atoms with Crippen LogP contribution in [-0.4, -0.2) is 23.2 Å². The summed E-state index contributed by atoms with van der Waals surface area (Å²) in [4.78, 5) is 10.6. The van der Waals surface area contributed by atoms with Gasteiger partial charge in [-0.1, -0.05) is 22.4 Å². The second kappa shape index (κ2) is 5.88. The predicted molar refractivity (Wildman–Crippen MR) is 77.3 cm³/mol. The van der Waals surface area contributed by atoms with Crippen molar-refractivity contribution in [2.24, 2.45) is 5.41 Å². The van der Waals surface area contributed by atoms with E-state index in [1.54, 1.807) is 12.1 Å². The molecule has 104 valence electrons. The molecule has 5 nitrogen and oxygen atoms in total. The van der Waals surface area contributed by atoms with E-state index in [1.165, 1.54) is 12.5 Å². The van der Waals surface area contributed by atoms with Crippen molar-refractivity contribution >= 4 is 27.3 Å². The number of hydrogen-bond acceptors (Lipinski definition) is 4. The largest absolute Gasteiger partial charge is 0.396 e. The van der Waals surface area contributed by atoms with Crippen molar-refractivity contribution in [3.8, 4) is 0 Å². The quantitative estimate of drug-likeness (QED) is 0.620. The van der Waals surface area contributed by atoms with Gasteiger partial charge in [-0.25, -0.2) is 0 Å². The molecule has 0 spiro atoms. The Morgan fingerprint density at radius 2 is 2.21 bits per heavy atom.